The van der Waals surface area contributed by atoms with Crippen molar-refractivity contribution in [2.45, 2.75) is 66.9 Å². The van der Waals surface area contributed by atoms with Gasteiger partial charge >= 0.3 is 5.97 Å². The third-order valence-corrected chi connectivity index (χ3v) is 5.80. The van der Waals surface area contributed by atoms with E-state index >= 15 is 0 Å². The number of hydrogen-bond donors (Lipinski definition) is 1. The van der Waals surface area contributed by atoms with E-state index in [0.29, 0.717) is 5.92 Å². The highest BCUT2D eigenvalue weighted by Gasteiger charge is 2.62. The summed E-state index contributed by atoms with van der Waals surface area (Å²) >= 11 is 0. The van der Waals surface area contributed by atoms with Gasteiger partial charge in [-0.05, 0) is 51.4 Å². The first-order valence-corrected chi connectivity index (χ1v) is 8.07. The second-order valence-electron chi connectivity index (χ2n) is 8.48. The third-order valence-electron chi connectivity index (χ3n) is 5.80. The predicted molar refractivity (Wildman–Crippen MR) is 83.7 cm³/mol. The van der Waals surface area contributed by atoms with Gasteiger partial charge in [-0.3, -0.25) is 4.79 Å². The zero-order chi connectivity index (χ0) is 16.1. The summed E-state index contributed by atoms with van der Waals surface area (Å²) < 4.78 is 5.87. The van der Waals surface area contributed by atoms with Gasteiger partial charge in [-0.25, -0.2) is 0 Å². The average Bonchev–Trinajstić information content (AvgIpc) is 2.66. The number of hydrogen-bond acceptors (Lipinski definition) is 3. The second-order valence-corrected chi connectivity index (χ2v) is 8.48. The van der Waals surface area contributed by atoms with Crippen molar-refractivity contribution in [2.75, 3.05) is 6.61 Å². The molecule has 21 heavy (non-hydrogen) atoms. The summed E-state index contributed by atoms with van der Waals surface area (Å²) in [5, 5.41) is 9.05. The lowest BCUT2D eigenvalue weighted by Crippen LogP contribution is -2.39. The Morgan fingerprint density at radius 3 is 2.43 bits per heavy atom. The number of aliphatic hydroxyl groups is 1. The number of fused-ring (bicyclic) bond motifs is 2. The predicted octanol–water partition coefficient (Wildman–Crippen LogP) is 3.71. The highest BCUT2D eigenvalue weighted by molar-refractivity contribution is 5.75. The van der Waals surface area contributed by atoms with Crippen LogP contribution in [-0.2, 0) is 9.53 Å². The van der Waals surface area contributed by atoms with E-state index in [1.54, 1.807) is 0 Å². The van der Waals surface area contributed by atoms with Gasteiger partial charge < -0.3 is 9.84 Å². The minimum Gasteiger partial charge on any atom is -0.461 e. The lowest BCUT2D eigenvalue weighted by atomic mass is 9.69. The standard InChI is InChI=1S/C18H30O3/c1-16(2,3)15(20)21-14-10-13-12(8-7-9-19)11-18(14,6)17(13,4)5/h11,13-14,19H,7-10H2,1-6H3/t13-,14-,18-/m1/s1. The van der Waals surface area contributed by atoms with Crippen molar-refractivity contribution in [1.82, 2.24) is 0 Å². The molecule has 2 aliphatic carbocycles. The van der Waals surface area contributed by atoms with E-state index in [9.17, 15) is 4.79 Å². The summed E-state index contributed by atoms with van der Waals surface area (Å²) in [6.45, 7) is 12.7. The highest BCUT2D eigenvalue weighted by atomic mass is 16.5. The van der Waals surface area contributed by atoms with Gasteiger partial charge in [0.15, 0.2) is 0 Å². The largest absolute Gasteiger partial charge is 0.461 e. The first-order chi connectivity index (χ1) is 9.54. The molecular formula is C18H30O3. The fourth-order valence-electron chi connectivity index (χ4n) is 3.93. The molecule has 0 spiro atoms. The Balaban J connectivity index is 2.19. The maximum absolute atomic E-state index is 12.2. The zero-order valence-electron chi connectivity index (χ0n) is 14.3. The van der Waals surface area contributed by atoms with Crippen molar-refractivity contribution in [3.8, 4) is 0 Å². The highest BCUT2D eigenvalue weighted by Crippen LogP contribution is 2.65. The van der Waals surface area contributed by atoms with Crippen LogP contribution in [0.15, 0.2) is 11.6 Å². The smallest absolute Gasteiger partial charge is 0.311 e. The Morgan fingerprint density at radius 1 is 1.38 bits per heavy atom. The molecule has 1 fully saturated rings. The van der Waals surface area contributed by atoms with E-state index in [-0.39, 0.29) is 29.5 Å². The molecule has 0 aromatic carbocycles. The van der Waals surface area contributed by atoms with Crippen LogP contribution in [0.5, 0.6) is 0 Å². The Labute approximate surface area is 128 Å². The Bertz CT molecular complexity index is 456. The Hall–Kier alpha value is -0.830. The zero-order valence-corrected chi connectivity index (χ0v) is 14.3. The molecule has 3 nitrogen and oxygen atoms in total. The Kier molecular flexibility index (Phi) is 4.03. The third kappa shape index (κ3) is 2.54. The van der Waals surface area contributed by atoms with Crippen molar-refractivity contribution in [3.63, 3.8) is 0 Å². The van der Waals surface area contributed by atoms with Crippen molar-refractivity contribution < 1.29 is 14.6 Å². The first kappa shape index (κ1) is 16.5. The molecule has 120 valence electrons. The van der Waals surface area contributed by atoms with Crippen molar-refractivity contribution in [1.29, 1.82) is 0 Å². The number of carbonyl (C=O) groups excluding carboxylic acids is 1. The van der Waals surface area contributed by atoms with Gasteiger partial charge in [0, 0.05) is 12.0 Å². The van der Waals surface area contributed by atoms with E-state index in [1.165, 1.54) is 5.57 Å². The molecule has 0 heterocycles. The average molecular weight is 294 g/mol. The topological polar surface area (TPSA) is 46.5 Å². The first-order valence-electron chi connectivity index (χ1n) is 8.07. The minimum atomic E-state index is -0.453. The van der Waals surface area contributed by atoms with Crippen LogP contribution < -0.4 is 0 Å². The van der Waals surface area contributed by atoms with E-state index in [2.05, 4.69) is 26.8 Å². The van der Waals surface area contributed by atoms with E-state index in [1.807, 2.05) is 20.8 Å². The number of carbonyl (C=O) groups is 1. The molecule has 0 saturated heterocycles. The van der Waals surface area contributed by atoms with Gasteiger partial charge in [0.2, 0.25) is 0 Å². The van der Waals surface area contributed by atoms with Crippen LogP contribution in [-0.4, -0.2) is 23.8 Å². The number of esters is 1. The van der Waals surface area contributed by atoms with Crippen LogP contribution >= 0.6 is 0 Å². The van der Waals surface area contributed by atoms with Gasteiger partial charge in [-0.15, -0.1) is 0 Å². The van der Waals surface area contributed by atoms with Gasteiger partial charge in [-0.2, -0.15) is 0 Å². The molecule has 2 bridgehead atoms. The molecule has 0 unspecified atom stereocenters. The van der Waals surface area contributed by atoms with Crippen molar-refractivity contribution >= 4 is 5.97 Å². The number of aliphatic hydroxyl groups excluding tert-OH is 1. The second kappa shape index (κ2) is 5.12. The molecular weight excluding hydrogens is 264 g/mol. The molecule has 2 aliphatic rings. The van der Waals surface area contributed by atoms with Crippen LogP contribution in [0.1, 0.15) is 60.8 Å². The van der Waals surface area contributed by atoms with Crippen LogP contribution in [0.4, 0.5) is 0 Å². The maximum atomic E-state index is 12.2. The van der Waals surface area contributed by atoms with Crippen LogP contribution in [0, 0.1) is 22.2 Å². The summed E-state index contributed by atoms with van der Waals surface area (Å²) in [6, 6.07) is 0. The lowest BCUT2D eigenvalue weighted by Gasteiger charge is -2.38. The van der Waals surface area contributed by atoms with Crippen molar-refractivity contribution in [2.24, 2.45) is 22.2 Å². The van der Waals surface area contributed by atoms with E-state index in [4.69, 9.17) is 9.84 Å². The number of ether oxygens (including phenoxy) is 1. The number of allylic oxidation sites excluding steroid dienone is 1. The summed E-state index contributed by atoms with van der Waals surface area (Å²) in [5.41, 5.74) is 1.01. The number of rotatable bonds is 4. The van der Waals surface area contributed by atoms with Gasteiger partial charge in [0.25, 0.3) is 0 Å². The quantitative estimate of drug-likeness (QED) is 0.635. The molecule has 0 aliphatic heterocycles. The lowest BCUT2D eigenvalue weighted by molar-refractivity contribution is -0.163. The van der Waals surface area contributed by atoms with Gasteiger partial charge in [0.1, 0.15) is 6.10 Å². The minimum absolute atomic E-state index is 0.0258. The van der Waals surface area contributed by atoms with E-state index < -0.39 is 5.41 Å². The fraction of sp³-hybridized carbons (Fsp3) is 0.833. The van der Waals surface area contributed by atoms with Gasteiger partial charge in [-0.1, -0.05) is 32.4 Å². The maximum Gasteiger partial charge on any atom is 0.311 e. The summed E-state index contributed by atoms with van der Waals surface area (Å²) in [4.78, 5) is 12.2. The van der Waals surface area contributed by atoms with E-state index in [0.717, 1.165) is 19.3 Å². The van der Waals surface area contributed by atoms with Gasteiger partial charge in [0.05, 0.1) is 5.41 Å². The normalized spacial score (nSPS) is 34.0. The van der Waals surface area contributed by atoms with Crippen LogP contribution in [0.3, 0.4) is 0 Å². The van der Waals surface area contributed by atoms with Crippen LogP contribution in [0.2, 0.25) is 0 Å². The summed E-state index contributed by atoms with van der Waals surface area (Å²) in [7, 11) is 0. The monoisotopic (exact) mass is 294 g/mol. The SMILES string of the molecule is CC(C)(C)C(=O)O[C@@H]1C[C@@H]2C(CCCO)=C[C@@]1(C)C2(C)C. The molecule has 0 amide bonds. The summed E-state index contributed by atoms with van der Waals surface area (Å²) in [5.74, 6) is 0.356. The van der Waals surface area contributed by atoms with Crippen LogP contribution in [0.25, 0.3) is 0 Å². The molecule has 3 atom stereocenters. The molecule has 1 saturated carbocycles. The summed E-state index contributed by atoms with van der Waals surface area (Å²) in [6.07, 6.45) is 5.00. The fourth-order valence-corrected chi connectivity index (χ4v) is 3.93. The Morgan fingerprint density at radius 2 is 2.00 bits per heavy atom. The van der Waals surface area contributed by atoms with Crippen molar-refractivity contribution in [3.05, 3.63) is 11.6 Å². The molecule has 0 radical (unpaired) electrons. The molecule has 3 heteroatoms. The molecule has 0 aromatic rings. The molecule has 2 rings (SSSR count). The molecule has 1 N–H and O–H groups in total. The molecule has 0 aromatic heterocycles.